The van der Waals surface area contributed by atoms with E-state index in [1.165, 1.54) is 0 Å². The fourth-order valence-corrected chi connectivity index (χ4v) is 2.71. The lowest BCUT2D eigenvalue weighted by atomic mass is 9.90. The van der Waals surface area contributed by atoms with Crippen LogP contribution in [0, 0.1) is 0 Å². The number of anilines is 1. The Kier molecular flexibility index (Phi) is 4.15. The Labute approximate surface area is 149 Å². The highest BCUT2D eigenvalue weighted by Gasteiger charge is 2.36. The number of aromatic hydroxyl groups is 2. The van der Waals surface area contributed by atoms with Crippen molar-refractivity contribution in [1.29, 1.82) is 0 Å². The van der Waals surface area contributed by atoms with Crippen molar-refractivity contribution in [2.75, 3.05) is 5.32 Å². The van der Waals surface area contributed by atoms with Crippen LogP contribution in [0.1, 0.15) is 26.3 Å². The molecule has 5 nitrogen and oxygen atoms in total. The van der Waals surface area contributed by atoms with Crippen LogP contribution in [-0.2, 0) is 6.18 Å². The Hall–Kier alpha value is -3.00. The van der Waals surface area contributed by atoms with E-state index in [1.54, 1.807) is 0 Å². The Morgan fingerprint density at radius 3 is 1.85 bits per heavy atom. The van der Waals surface area contributed by atoms with Crippen LogP contribution < -0.4 is 5.32 Å². The third-order valence-electron chi connectivity index (χ3n) is 3.74. The summed E-state index contributed by atoms with van der Waals surface area (Å²) in [4.78, 5) is 24.9. The largest absolute Gasteiger partial charge is 0.507 e. The van der Waals surface area contributed by atoms with Gasteiger partial charge in [-0.15, -0.1) is 0 Å². The molecule has 0 amide bonds. The van der Waals surface area contributed by atoms with E-state index >= 15 is 0 Å². The molecule has 0 atom stereocenters. The highest BCUT2D eigenvalue weighted by Crippen LogP contribution is 2.38. The zero-order valence-electron chi connectivity index (χ0n) is 12.7. The van der Waals surface area contributed by atoms with Crippen molar-refractivity contribution in [1.82, 2.24) is 0 Å². The molecule has 0 radical (unpaired) electrons. The summed E-state index contributed by atoms with van der Waals surface area (Å²) in [6.07, 6.45) is -4.52. The number of phenolic OH excluding ortho intramolecular Hbond substituents is 2. The van der Waals surface area contributed by atoms with Gasteiger partial charge < -0.3 is 15.5 Å². The van der Waals surface area contributed by atoms with E-state index in [0.29, 0.717) is 0 Å². The van der Waals surface area contributed by atoms with Crippen LogP contribution in [0.2, 0.25) is 0 Å². The zero-order chi connectivity index (χ0) is 19.2. The SMILES string of the molecule is O=C1C(Cl)=C(Nc2ccc(C(F)(F)F)cc2)C(=O)c2c(O)ccc(O)c21. The number of nitrogens with one attached hydrogen (secondary N) is 1. The molecule has 3 N–H and O–H groups in total. The summed E-state index contributed by atoms with van der Waals surface area (Å²) in [6.45, 7) is 0. The summed E-state index contributed by atoms with van der Waals surface area (Å²) in [5, 5.41) is 21.6. The van der Waals surface area contributed by atoms with E-state index in [0.717, 1.165) is 36.4 Å². The average Bonchev–Trinajstić information content (AvgIpc) is 2.58. The highest BCUT2D eigenvalue weighted by molar-refractivity contribution is 6.50. The third kappa shape index (κ3) is 2.88. The summed E-state index contributed by atoms with van der Waals surface area (Å²) in [6, 6.07) is 5.80. The van der Waals surface area contributed by atoms with Crippen molar-refractivity contribution in [3.63, 3.8) is 0 Å². The Bertz CT molecular complexity index is 965. The Morgan fingerprint density at radius 1 is 0.846 bits per heavy atom. The standard InChI is InChI=1S/C17H9ClF3NO4/c18-13-14(22-8-3-1-7(2-4-8)17(19,20)21)16(26)12-10(24)6-5-9(23)11(12)15(13)25/h1-6,22-24H. The first-order chi connectivity index (χ1) is 12.1. The summed E-state index contributed by atoms with van der Waals surface area (Å²) < 4.78 is 37.8. The van der Waals surface area contributed by atoms with Gasteiger partial charge in [-0.1, -0.05) is 11.6 Å². The summed E-state index contributed by atoms with van der Waals surface area (Å²) in [7, 11) is 0. The molecule has 0 bridgehead atoms. The average molecular weight is 384 g/mol. The molecule has 0 saturated heterocycles. The molecule has 1 aliphatic rings. The van der Waals surface area contributed by atoms with Gasteiger partial charge in [0.05, 0.1) is 16.7 Å². The first-order valence-electron chi connectivity index (χ1n) is 7.09. The first kappa shape index (κ1) is 17.8. The van der Waals surface area contributed by atoms with Crippen molar-refractivity contribution >= 4 is 28.9 Å². The number of fused-ring (bicyclic) bond motifs is 1. The summed E-state index contributed by atoms with van der Waals surface area (Å²) in [5.41, 5.74) is -2.09. The number of halogens is 4. The molecule has 2 aromatic rings. The minimum atomic E-state index is -4.52. The minimum absolute atomic E-state index is 0.0791. The normalized spacial score (nSPS) is 14.5. The molecule has 0 spiro atoms. The number of rotatable bonds is 2. The van der Waals surface area contributed by atoms with Crippen molar-refractivity contribution in [2.45, 2.75) is 6.18 Å². The van der Waals surface area contributed by atoms with E-state index < -0.39 is 56.7 Å². The van der Waals surface area contributed by atoms with E-state index in [4.69, 9.17) is 11.6 Å². The van der Waals surface area contributed by atoms with Crippen LogP contribution in [0.3, 0.4) is 0 Å². The van der Waals surface area contributed by atoms with Gasteiger partial charge in [-0.3, -0.25) is 9.59 Å². The number of Topliss-reactive ketones (excluding diaryl/α,β-unsaturated/α-hetero) is 2. The van der Waals surface area contributed by atoms with Gasteiger partial charge in [0.25, 0.3) is 0 Å². The van der Waals surface area contributed by atoms with Crippen LogP contribution >= 0.6 is 11.6 Å². The van der Waals surface area contributed by atoms with Gasteiger partial charge in [0.2, 0.25) is 11.6 Å². The number of carbonyl (C=O) groups is 2. The molecule has 134 valence electrons. The maximum absolute atomic E-state index is 12.6. The van der Waals surface area contributed by atoms with Gasteiger partial charge in [0.1, 0.15) is 22.2 Å². The smallest absolute Gasteiger partial charge is 0.416 e. The number of carbonyl (C=O) groups excluding carboxylic acids is 2. The molecule has 2 aromatic carbocycles. The molecular weight excluding hydrogens is 375 g/mol. The highest BCUT2D eigenvalue weighted by atomic mass is 35.5. The van der Waals surface area contributed by atoms with Gasteiger partial charge in [0.15, 0.2) is 0 Å². The molecule has 0 heterocycles. The number of allylic oxidation sites excluding steroid dienone is 2. The first-order valence-corrected chi connectivity index (χ1v) is 7.47. The number of ketones is 2. The number of hydrogen-bond donors (Lipinski definition) is 3. The molecule has 1 aliphatic carbocycles. The fourth-order valence-electron chi connectivity index (χ4n) is 2.49. The van der Waals surface area contributed by atoms with Crippen molar-refractivity contribution < 1.29 is 33.0 Å². The second-order valence-corrected chi connectivity index (χ2v) is 5.78. The summed E-state index contributed by atoms with van der Waals surface area (Å²) in [5.74, 6) is -2.84. The van der Waals surface area contributed by atoms with Crippen LogP contribution in [0.25, 0.3) is 0 Å². The molecule has 9 heteroatoms. The van der Waals surface area contributed by atoms with Gasteiger partial charge in [0, 0.05) is 5.69 Å². The van der Waals surface area contributed by atoms with Crippen molar-refractivity contribution in [3.8, 4) is 11.5 Å². The minimum Gasteiger partial charge on any atom is -0.507 e. The van der Waals surface area contributed by atoms with Gasteiger partial charge in [-0.05, 0) is 36.4 Å². The Balaban J connectivity index is 2.01. The maximum Gasteiger partial charge on any atom is 0.416 e. The quantitative estimate of drug-likeness (QED) is 0.681. The molecule has 0 fully saturated rings. The predicted octanol–water partition coefficient (Wildman–Crippen LogP) is 4.06. The molecular formula is C17H9ClF3NO4. The molecule has 0 aromatic heterocycles. The van der Waals surface area contributed by atoms with Crippen LogP contribution in [-0.4, -0.2) is 21.8 Å². The van der Waals surface area contributed by atoms with Crippen LogP contribution in [0.5, 0.6) is 11.5 Å². The van der Waals surface area contributed by atoms with Crippen molar-refractivity contribution in [2.24, 2.45) is 0 Å². The third-order valence-corrected chi connectivity index (χ3v) is 4.10. The zero-order valence-corrected chi connectivity index (χ0v) is 13.4. The number of benzene rings is 2. The second kappa shape index (κ2) is 6.06. The fraction of sp³-hybridized carbons (Fsp3) is 0.0588. The van der Waals surface area contributed by atoms with E-state index in [-0.39, 0.29) is 5.69 Å². The lowest BCUT2D eigenvalue weighted by Crippen LogP contribution is -2.24. The molecule has 0 aliphatic heterocycles. The molecule has 26 heavy (non-hydrogen) atoms. The second-order valence-electron chi connectivity index (χ2n) is 5.40. The van der Waals surface area contributed by atoms with Crippen LogP contribution in [0.15, 0.2) is 47.1 Å². The lowest BCUT2D eigenvalue weighted by Gasteiger charge is -2.20. The maximum atomic E-state index is 12.6. The topological polar surface area (TPSA) is 86.6 Å². The number of alkyl halides is 3. The number of hydrogen-bond acceptors (Lipinski definition) is 5. The lowest BCUT2D eigenvalue weighted by molar-refractivity contribution is -0.137. The Morgan fingerprint density at radius 2 is 1.35 bits per heavy atom. The predicted molar refractivity (Wildman–Crippen MR) is 86.4 cm³/mol. The monoisotopic (exact) mass is 383 g/mol. The van der Waals surface area contributed by atoms with Crippen molar-refractivity contribution in [3.05, 3.63) is 63.8 Å². The van der Waals surface area contributed by atoms with E-state index in [1.807, 2.05) is 0 Å². The van der Waals surface area contributed by atoms with Gasteiger partial charge in [-0.2, -0.15) is 13.2 Å². The molecule has 3 rings (SSSR count). The molecule has 0 saturated carbocycles. The van der Waals surface area contributed by atoms with E-state index in [9.17, 15) is 33.0 Å². The van der Waals surface area contributed by atoms with E-state index in [2.05, 4.69) is 5.32 Å². The molecule has 0 unspecified atom stereocenters. The van der Waals surface area contributed by atoms with Gasteiger partial charge >= 0.3 is 6.18 Å². The number of phenols is 2. The van der Waals surface area contributed by atoms with Gasteiger partial charge in [-0.25, -0.2) is 0 Å². The summed E-state index contributed by atoms with van der Waals surface area (Å²) >= 11 is 5.91. The van der Waals surface area contributed by atoms with Crippen LogP contribution in [0.4, 0.5) is 18.9 Å².